The van der Waals surface area contributed by atoms with E-state index < -0.39 is 24.6 Å². The highest BCUT2D eigenvalue weighted by atomic mass is 16.4. The lowest BCUT2D eigenvalue weighted by atomic mass is 10.4. The van der Waals surface area contributed by atoms with Crippen LogP contribution >= 0.6 is 0 Å². The first-order valence-corrected chi connectivity index (χ1v) is 5.03. The Labute approximate surface area is 102 Å². The second-order valence-corrected chi connectivity index (χ2v) is 3.50. The number of aryl methyl sites for hydroxylation is 2. The summed E-state index contributed by atoms with van der Waals surface area (Å²) in [5.74, 6) is -1.42. The highest BCUT2D eigenvalue weighted by Gasteiger charge is 2.14. The van der Waals surface area contributed by atoms with E-state index in [1.807, 2.05) is 0 Å². The zero-order valence-electron chi connectivity index (χ0n) is 9.84. The average Bonchev–Trinajstić information content (AvgIpc) is 2.30. The topological polar surface area (TPSA) is 137 Å². The summed E-state index contributed by atoms with van der Waals surface area (Å²) in [6.07, 6.45) is -1.66. The van der Waals surface area contributed by atoms with Crippen LogP contribution in [0.15, 0.2) is 0 Å². The Morgan fingerprint density at radius 3 is 2.50 bits per heavy atom. The number of carboxylic acids is 1. The normalized spacial score (nSPS) is 11.7. The lowest BCUT2D eigenvalue weighted by Crippen LogP contribution is -2.39. The van der Waals surface area contributed by atoms with Crippen LogP contribution in [-0.4, -0.2) is 50.0 Å². The molecule has 1 atom stereocenters. The van der Waals surface area contributed by atoms with Crippen molar-refractivity contribution in [3.8, 4) is 0 Å². The molecule has 0 aliphatic rings. The fourth-order valence-electron chi connectivity index (χ4n) is 0.932. The van der Waals surface area contributed by atoms with Crippen LogP contribution in [0.2, 0.25) is 0 Å². The number of urea groups is 1. The molecule has 2 amide bonds. The van der Waals surface area contributed by atoms with Crippen LogP contribution < -0.4 is 10.6 Å². The van der Waals surface area contributed by atoms with Gasteiger partial charge in [0.25, 0.3) is 5.95 Å². The summed E-state index contributed by atoms with van der Waals surface area (Å²) in [6, 6.07) is -0.722. The van der Waals surface area contributed by atoms with Crippen molar-refractivity contribution in [2.24, 2.45) is 0 Å². The number of carboxylic acid groups (broad SMARTS) is 1. The SMILES string of the molecule is Cc1nnc(NC(=O)NCC(O)C(=O)O)nc1C. The largest absolute Gasteiger partial charge is 0.479 e. The number of carbonyl (C=O) groups is 2. The van der Waals surface area contributed by atoms with Gasteiger partial charge in [0.2, 0.25) is 0 Å². The van der Waals surface area contributed by atoms with Crippen LogP contribution in [0.1, 0.15) is 11.4 Å². The molecule has 4 N–H and O–H groups in total. The Hall–Kier alpha value is -2.29. The summed E-state index contributed by atoms with van der Waals surface area (Å²) >= 11 is 0. The van der Waals surface area contributed by atoms with Gasteiger partial charge in [-0.15, -0.1) is 5.10 Å². The number of hydrogen-bond donors (Lipinski definition) is 4. The Balaban J connectivity index is 2.49. The van der Waals surface area contributed by atoms with Gasteiger partial charge in [-0.3, -0.25) is 5.32 Å². The van der Waals surface area contributed by atoms with E-state index in [1.54, 1.807) is 13.8 Å². The first-order valence-electron chi connectivity index (χ1n) is 5.03. The number of aromatic nitrogens is 3. The molecule has 0 saturated carbocycles. The van der Waals surface area contributed by atoms with Gasteiger partial charge in [0, 0.05) is 0 Å². The number of aliphatic carboxylic acids is 1. The minimum atomic E-state index is -1.66. The van der Waals surface area contributed by atoms with Crippen molar-refractivity contribution in [1.29, 1.82) is 0 Å². The summed E-state index contributed by atoms with van der Waals surface area (Å²) in [6.45, 7) is 3.02. The third kappa shape index (κ3) is 3.94. The van der Waals surface area contributed by atoms with Gasteiger partial charge < -0.3 is 15.5 Å². The molecule has 0 saturated heterocycles. The molecule has 1 rings (SSSR count). The number of rotatable bonds is 4. The van der Waals surface area contributed by atoms with E-state index in [2.05, 4.69) is 25.8 Å². The van der Waals surface area contributed by atoms with Crippen molar-refractivity contribution in [3.05, 3.63) is 11.4 Å². The Kier molecular flexibility index (Phi) is 4.49. The first kappa shape index (κ1) is 13.8. The molecule has 1 aromatic rings. The third-order valence-corrected chi connectivity index (χ3v) is 2.06. The second kappa shape index (κ2) is 5.87. The van der Waals surface area contributed by atoms with Crippen LogP contribution in [0.5, 0.6) is 0 Å². The molecule has 9 heteroatoms. The van der Waals surface area contributed by atoms with Gasteiger partial charge >= 0.3 is 12.0 Å². The molecule has 1 heterocycles. The summed E-state index contributed by atoms with van der Waals surface area (Å²) in [5, 5.41) is 29.1. The van der Waals surface area contributed by atoms with Crippen LogP contribution in [0.4, 0.5) is 10.7 Å². The molecule has 0 fully saturated rings. The molecule has 0 aromatic carbocycles. The number of nitrogens with zero attached hydrogens (tertiary/aromatic N) is 3. The van der Waals surface area contributed by atoms with Crippen molar-refractivity contribution in [3.63, 3.8) is 0 Å². The summed E-state index contributed by atoms with van der Waals surface area (Å²) in [5.41, 5.74) is 1.26. The molecule has 0 aliphatic carbocycles. The fourth-order valence-corrected chi connectivity index (χ4v) is 0.932. The van der Waals surface area contributed by atoms with E-state index in [9.17, 15) is 9.59 Å². The van der Waals surface area contributed by atoms with E-state index in [1.165, 1.54) is 0 Å². The van der Waals surface area contributed by atoms with Gasteiger partial charge in [-0.25, -0.2) is 14.6 Å². The molecule has 18 heavy (non-hydrogen) atoms. The van der Waals surface area contributed by atoms with Crippen LogP contribution in [0.3, 0.4) is 0 Å². The Bertz CT molecular complexity index is 464. The maximum absolute atomic E-state index is 11.3. The van der Waals surface area contributed by atoms with E-state index in [0.717, 1.165) is 0 Å². The highest BCUT2D eigenvalue weighted by Crippen LogP contribution is 2.01. The van der Waals surface area contributed by atoms with Crippen LogP contribution in [-0.2, 0) is 4.79 Å². The van der Waals surface area contributed by atoms with E-state index in [0.29, 0.717) is 11.4 Å². The maximum atomic E-state index is 11.3. The number of hydrogen-bond acceptors (Lipinski definition) is 6. The molecule has 0 bridgehead atoms. The molecule has 0 spiro atoms. The molecule has 1 aromatic heterocycles. The van der Waals surface area contributed by atoms with Gasteiger partial charge in [-0.05, 0) is 13.8 Å². The molecule has 0 aliphatic heterocycles. The highest BCUT2D eigenvalue weighted by molar-refractivity contribution is 5.87. The molecule has 1 unspecified atom stereocenters. The number of aliphatic hydroxyl groups excluding tert-OH is 1. The van der Waals surface area contributed by atoms with Gasteiger partial charge in [-0.1, -0.05) is 0 Å². The number of amides is 2. The Morgan fingerprint density at radius 1 is 1.28 bits per heavy atom. The maximum Gasteiger partial charge on any atom is 0.334 e. The van der Waals surface area contributed by atoms with Crippen molar-refractivity contribution in [2.75, 3.05) is 11.9 Å². The van der Waals surface area contributed by atoms with Crippen molar-refractivity contribution in [1.82, 2.24) is 20.5 Å². The first-order chi connectivity index (χ1) is 8.40. The minimum absolute atomic E-state index is 0.000384. The number of aliphatic hydroxyl groups is 1. The van der Waals surface area contributed by atoms with Crippen molar-refractivity contribution >= 4 is 17.9 Å². The summed E-state index contributed by atoms with van der Waals surface area (Å²) < 4.78 is 0. The van der Waals surface area contributed by atoms with E-state index >= 15 is 0 Å². The second-order valence-electron chi connectivity index (χ2n) is 3.50. The van der Waals surface area contributed by atoms with Crippen LogP contribution in [0, 0.1) is 13.8 Å². The van der Waals surface area contributed by atoms with Gasteiger partial charge in [-0.2, -0.15) is 5.10 Å². The molecular formula is C9H13N5O4. The predicted octanol–water partition coefficient (Wildman–Crippen LogP) is -0.945. The fraction of sp³-hybridized carbons (Fsp3) is 0.444. The van der Waals surface area contributed by atoms with Gasteiger partial charge in [0.15, 0.2) is 6.10 Å². The average molecular weight is 255 g/mol. The third-order valence-electron chi connectivity index (χ3n) is 2.06. The van der Waals surface area contributed by atoms with Gasteiger partial charge in [0.1, 0.15) is 0 Å². The lowest BCUT2D eigenvalue weighted by molar-refractivity contribution is -0.146. The van der Waals surface area contributed by atoms with E-state index in [-0.39, 0.29) is 5.95 Å². The van der Waals surface area contributed by atoms with Crippen LogP contribution in [0.25, 0.3) is 0 Å². The molecule has 0 radical (unpaired) electrons. The standard InChI is InChI=1S/C9H13N5O4/c1-4-5(2)13-14-8(11-4)12-9(18)10-3-6(15)7(16)17/h6,15H,3H2,1-2H3,(H,16,17)(H2,10,11,12,14,18). The number of anilines is 1. The molecule has 9 nitrogen and oxygen atoms in total. The zero-order valence-corrected chi connectivity index (χ0v) is 9.84. The predicted molar refractivity (Wildman–Crippen MR) is 60.0 cm³/mol. The lowest BCUT2D eigenvalue weighted by Gasteiger charge is -2.08. The molecular weight excluding hydrogens is 242 g/mol. The molecule has 98 valence electrons. The minimum Gasteiger partial charge on any atom is -0.479 e. The van der Waals surface area contributed by atoms with Crippen molar-refractivity contribution in [2.45, 2.75) is 20.0 Å². The summed E-state index contributed by atoms with van der Waals surface area (Å²) in [4.78, 5) is 25.5. The smallest absolute Gasteiger partial charge is 0.334 e. The zero-order chi connectivity index (χ0) is 13.7. The monoisotopic (exact) mass is 255 g/mol. The quantitative estimate of drug-likeness (QED) is 0.544. The number of carbonyl (C=O) groups excluding carboxylic acids is 1. The summed E-state index contributed by atoms with van der Waals surface area (Å²) in [7, 11) is 0. The van der Waals surface area contributed by atoms with Gasteiger partial charge in [0.05, 0.1) is 17.9 Å². The number of nitrogens with one attached hydrogen (secondary N) is 2. The van der Waals surface area contributed by atoms with Crippen molar-refractivity contribution < 1.29 is 19.8 Å². The van der Waals surface area contributed by atoms with E-state index in [4.69, 9.17) is 10.2 Å². The Morgan fingerprint density at radius 2 is 1.94 bits per heavy atom.